The molecule has 4 heteroatoms. The number of aromatic nitrogens is 2. The van der Waals surface area contributed by atoms with Crippen molar-refractivity contribution in [3.63, 3.8) is 0 Å². The lowest BCUT2D eigenvalue weighted by Gasteiger charge is -2.18. The summed E-state index contributed by atoms with van der Waals surface area (Å²) in [6.07, 6.45) is 3.66. The van der Waals surface area contributed by atoms with Crippen molar-refractivity contribution in [1.29, 1.82) is 0 Å². The number of halogens is 1. The lowest BCUT2D eigenvalue weighted by atomic mass is 9.86. The summed E-state index contributed by atoms with van der Waals surface area (Å²) in [6.45, 7) is 2.22. The molecule has 1 aliphatic rings. The average molecular weight is 258 g/mol. The van der Waals surface area contributed by atoms with Crippen LogP contribution in [0.25, 0.3) is 11.3 Å². The first-order valence-electron chi connectivity index (χ1n) is 6.50. The van der Waals surface area contributed by atoms with E-state index in [0.717, 1.165) is 36.2 Å². The van der Waals surface area contributed by atoms with Crippen molar-refractivity contribution in [2.24, 2.45) is 5.92 Å². The van der Waals surface area contributed by atoms with Crippen molar-refractivity contribution < 1.29 is 9.18 Å². The van der Waals surface area contributed by atoms with Gasteiger partial charge in [0, 0.05) is 16.8 Å². The number of nitrogens with zero attached hydrogens (tertiary/aromatic N) is 1. The molecule has 0 aliphatic heterocycles. The maximum atomic E-state index is 13.7. The zero-order valence-corrected chi connectivity index (χ0v) is 10.7. The third-order valence-electron chi connectivity index (χ3n) is 3.79. The van der Waals surface area contributed by atoms with Crippen LogP contribution in [0.4, 0.5) is 4.39 Å². The largest absolute Gasteiger partial charge is 0.298 e. The average Bonchev–Trinajstić information content (AvgIpc) is 2.81. The van der Waals surface area contributed by atoms with Gasteiger partial charge in [-0.1, -0.05) is 13.0 Å². The molecule has 0 saturated heterocycles. The summed E-state index contributed by atoms with van der Waals surface area (Å²) >= 11 is 0. The highest BCUT2D eigenvalue weighted by molar-refractivity contribution is 5.77. The summed E-state index contributed by atoms with van der Waals surface area (Å²) in [5, 5.41) is 7.37. The van der Waals surface area contributed by atoms with Crippen LogP contribution in [0.3, 0.4) is 0 Å². The van der Waals surface area contributed by atoms with Gasteiger partial charge in [-0.3, -0.25) is 9.89 Å². The van der Waals surface area contributed by atoms with E-state index in [-0.39, 0.29) is 5.56 Å². The zero-order chi connectivity index (χ0) is 13.4. The normalized spacial score (nSPS) is 18.1. The van der Waals surface area contributed by atoms with Crippen LogP contribution in [-0.2, 0) is 12.8 Å². The fraction of sp³-hybridized carbons (Fsp3) is 0.333. The highest BCUT2D eigenvalue weighted by atomic mass is 19.1. The van der Waals surface area contributed by atoms with Crippen LogP contribution in [0.5, 0.6) is 0 Å². The maximum absolute atomic E-state index is 13.7. The van der Waals surface area contributed by atoms with Gasteiger partial charge in [0.1, 0.15) is 5.82 Å². The van der Waals surface area contributed by atoms with Crippen molar-refractivity contribution in [2.45, 2.75) is 26.2 Å². The van der Waals surface area contributed by atoms with E-state index in [4.69, 9.17) is 0 Å². The van der Waals surface area contributed by atoms with E-state index in [1.165, 1.54) is 17.7 Å². The van der Waals surface area contributed by atoms with Gasteiger partial charge < -0.3 is 0 Å². The van der Waals surface area contributed by atoms with Gasteiger partial charge >= 0.3 is 0 Å². The molecule has 2 aromatic rings. The fourth-order valence-corrected chi connectivity index (χ4v) is 2.68. The quantitative estimate of drug-likeness (QED) is 0.841. The van der Waals surface area contributed by atoms with Gasteiger partial charge in [0.2, 0.25) is 0 Å². The molecule has 3 nitrogen and oxygen atoms in total. The third-order valence-corrected chi connectivity index (χ3v) is 3.79. The van der Waals surface area contributed by atoms with E-state index in [2.05, 4.69) is 17.1 Å². The number of carbonyl (C=O) groups is 1. The Morgan fingerprint density at radius 2 is 2.32 bits per heavy atom. The number of benzene rings is 1. The molecule has 1 aromatic carbocycles. The van der Waals surface area contributed by atoms with Crippen molar-refractivity contribution in [3.05, 3.63) is 40.8 Å². The molecule has 1 N–H and O–H groups in total. The molecule has 0 radical (unpaired) electrons. The minimum Gasteiger partial charge on any atom is -0.298 e. The summed E-state index contributed by atoms with van der Waals surface area (Å²) in [6, 6.07) is 4.65. The van der Waals surface area contributed by atoms with Gasteiger partial charge in [0.25, 0.3) is 0 Å². The molecule has 0 amide bonds. The molecule has 1 heterocycles. The Bertz CT molecular complexity index is 633. The molecule has 1 unspecified atom stereocenters. The van der Waals surface area contributed by atoms with Gasteiger partial charge in [0.15, 0.2) is 6.29 Å². The highest BCUT2D eigenvalue weighted by Gasteiger charge is 2.22. The first-order chi connectivity index (χ1) is 9.19. The minimum absolute atomic E-state index is 0.0847. The Morgan fingerprint density at radius 3 is 3.05 bits per heavy atom. The topological polar surface area (TPSA) is 45.8 Å². The third kappa shape index (κ3) is 2.07. The van der Waals surface area contributed by atoms with E-state index < -0.39 is 5.82 Å². The smallest absolute Gasteiger partial charge is 0.152 e. The van der Waals surface area contributed by atoms with Crippen LogP contribution >= 0.6 is 0 Å². The summed E-state index contributed by atoms with van der Waals surface area (Å²) in [5.41, 5.74) is 3.99. The van der Waals surface area contributed by atoms with Crippen molar-refractivity contribution >= 4 is 6.29 Å². The Hall–Kier alpha value is -1.97. The van der Waals surface area contributed by atoms with Crippen LogP contribution < -0.4 is 0 Å². The number of rotatable bonds is 2. The summed E-state index contributed by atoms with van der Waals surface area (Å²) in [7, 11) is 0. The van der Waals surface area contributed by atoms with E-state index in [1.54, 1.807) is 6.07 Å². The molecular weight excluding hydrogens is 243 g/mol. The first-order valence-corrected chi connectivity index (χ1v) is 6.50. The van der Waals surface area contributed by atoms with Gasteiger partial charge in [-0.2, -0.15) is 5.10 Å². The number of aromatic amines is 1. The predicted molar refractivity (Wildman–Crippen MR) is 70.6 cm³/mol. The van der Waals surface area contributed by atoms with Crippen molar-refractivity contribution in [3.8, 4) is 11.3 Å². The van der Waals surface area contributed by atoms with Crippen LogP contribution in [0.1, 0.15) is 35.0 Å². The molecule has 1 aromatic heterocycles. The number of nitrogens with one attached hydrogen (secondary N) is 1. The molecule has 3 rings (SSSR count). The molecule has 1 aliphatic carbocycles. The fourth-order valence-electron chi connectivity index (χ4n) is 2.68. The van der Waals surface area contributed by atoms with E-state index in [1.807, 2.05) is 0 Å². The number of carbonyl (C=O) groups excluding carboxylic acids is 1. The molecule has 19 heavy (non-hydrogen) atoms. The van der Waals surface area contributed by atoms with Crippen molar-refractivity contribution in [1.82, 2.24) is 10.2 Å². The van der Waals surface area contributed by atoms with Crippen LogP contribution in [0.2, 0.25) is 0 Å². The number of aldehydes is 1. The van der Waals surface area contributed by atoms with Crippen LogP contribution in [-0.4, -0.2) is 16.5 Å². The monoisotopic (exact) mass is 258 g/mol. The highest BCUT2D eigenvalue weighted by Crippen LogP contribution is 2.32. The molecular formula is C15H15FN2O. The second kappa shape index (κ2) is 4.61. The van der Waals surface area contributed by atoms with E-state index >= 15 is 0 Å². The van der Waals surface area contributed by atoms with Crippen LogP contribution in [0.15, 0.2) is 18.2 Å². The van der Waals surface area contributed by atoms with Crippen LogP contribution in [0, 0.1) is 11.7 Å². The van der Waals surface area contributed by atoms with Gasteiger partial charge in [-0.25, -0.2) is 4.39 Å². The van der Waals surface area contributed by atoms with Gasteiger partial charge in [-0.15, -0.1) is 0 Å². The maximum Gasteiger partial charge on any atom is 0.152 e. The molecule has 1 atom stereocenters. The summed E-state index contributed by atoms with van der Waals surface area (Å²) in [5.74, 6) is 0.135. The number of hydrogen-bond acceptors (Lipinski definition) is 2. The molecule has 0 fully saturated rings. The minimum atomic E-state index is -0.492. The lowest BCUT2D eigenvalue weighted by molar-refractivity contribution is 0.112. The molecule has 98 valence electrons. The number of H-pyrrole nitrogens is 1. The molecule has 0 saturated carbocycles. The van der Waals surface area contributed by atoms with Gasteiger partial charge in [0.05, 0.1) is 11.3 Å². The Balaban J connectivity index is 2.05. The standard InChI is InChI=1S/C15H15FN2O/c1-9-2-5-14-12(6-9)15(18-17-14)10-3-4-11(8-19)13(16)7-10/h3-4,7-9H,2,5-6H2,1H3,(H,17,18). The van der Waals surface area contributed by atoms with Gasteiger partial charge in [-0.05, 0) is 37.3 Å². The zero-order valence-electron chi connectivity index (χ0n) is 10.7. The molecule has 0 bridgehead atoms. The second-order valence-corrected chi connectivity index (χ2v) is 5.23. The van der Waals surface area contributed by atoms with E-state index in [0.29, 0.717) is 12.2 Å². The van der Waals surface area contributed by atoms with Crippen molar-refractivity contribution in [2.75, 3.05) is 0 Å². The first kappa shape index (κ1) is 12.1. The lowest BCUT2D eigenvalue weighted by Crippen LogP contribution is -2.10. The molecule has 0 spiro atoms. The SMILES string of the molecule is CC1CCc2[nH]nc(-c3ccc(C=O)c(F)c3)c2C1. The number of aryl methyl sites for hydroxylation is 1. The Kier molecular flexibility index (Phi) is 2.93. The predicted octanol–water partition coefficient (Wildman–Crippen LogP) is 3.15. The second-order valence-electron chi connectivity index (χ2n) is 5.23. The summed E-state index contributed by atoms with van der Waals surface area (Å²) in [4.78, 5) is 10.6. The summed E-state index contributed by atoms with van der Waals surface area (Å²) < 4.78 is 13.7. The number of fused-ring (bicyclic) bond motifs is 1. The van der Waals surface area contributed by atoms with E-state index in [9.17, 15) is 9.18 Å². The Morgan fingerprint density at radius 1 is 1.47 bits per heavy atom. The Labute approximate surface area is 110 Å². The number of hydrogen-bond donors (Lipinski definition) is 1.